The van der Waals surface area contributed by atoms with E-state index in [0.29, 0.717) is 17.5 Å². The number of hydrogen-bond acceptors (Lipinski definition) is 6. The Morgan fingerprint density at radius 1 is 1.27 bits per heavy atom. The lowest BCUT2D eigenvalue weighted by molar-refractivity contribution is -0.146. The van der Waals surface area contributed by atoms with Gasteiger partial charge in [-0.25, -0.2) is 4.68 Å². The van der Waals surface area contributed by atoms with Crippen LogP contribution in [0.15, 0.2) is 29.1 Å². The fourth-order valence-electron chi connectivity index (χ4n) is 1.88. The lowest BCUT2D eigenvalue weighted by Crippen LogP contribution is -2.26. The molecule has 0 N–H and O–H groups in total. The van der Waals surface area contributed by atoms with E-state index in [-0.39, 0.29) is 31.2 Å². The standard InChI is InChI=1S/C15H19N3O4/c1-11(2)21-9-10-22-14(19)7-8-18-15(20)12-5-3-4-6-13(12)16-17-18/h3-6,11H,7-10H2,1-2H3. The molecule has 0 aliphatic carbocycles. The number of aromatic nitrogens is 3. The number of nitrogens with zero attached hydrogens (tertiary/aromatic N) is 3. The quantitative estimate of drug-likeness (QED) is 0.563. The van der Waals surface area contributed by atoms with Gasteiger partial charge in [-0.2, -0.15) is 0 Å². The first kappa shape index (κ1) is 16.1. The molecule has 0 aliphatic heterocycles. The van der Waals surface area contributed by atoms with Crippen molar-refractivity contribution in [2.45, 2.75) is 32.9 Å². The molecule has 1 aromatic carbocycles. The van der Waals surface area contributed by atoms with Crippen LogP contribution in [0.1, 0.15) is 20.3 Å². The summed E-state index contributed by atoms with van der Waals surface area (Å²) in [6.07, 6.45) is 0.166. The highest BCUT2D eigenvalue weighted by atomic mass is 16.6. The van der Waals surface area contributed by atoms with E-state index in [0.717, 1.165) is 0 Å². The normalized spacial score (nSPS) is 11.0. The summed E-state index contributed by atoms with van der Waals surface area (Å²) >= 11 is 0. The zero-order valence-electron chi connectivity index (χ0n) is 12.7. The van der Waals surface area contributed by atoms with Crippen molar-refractivity contribution in [1.29, 1.82) is 0 Å². The topological polar surface area (TPSA) is 83.3 Å². The largest absolute Gasteiger partial charge is 0.463 e. The molecule has 0 spiro atoms. The molecular weight excluding hydrogens is 286 g/mol. The summed E-state index contributed by atoms with van der Waals surface area (Å²) in [7, 11) is 0. The van der Waals surface area contributed by atoms with Gasteiger partial charge in [-0.1, -0.05) is 17.3 Å². The Balaban J connectivity index is 1.88. The maximum absolute atomic E-state index is 12.2. The van der Waals surface area contributed by atoms with E-state index < -0.39 is 5.97 Å². The van der Waals surface area contributed by atoms with E-state index in [1.54, 1.807) is 24.3 Å². The van der Waals surface area contributed by atoms with Gasteiger partial charge in [0.05, 0.1) is 31.1 Å². The van der Waals surface area contributed by atoms with Gasteiger partial charge in [0.25, 0.3) is 5.56 Å². The maximum Gasteiger partial charge on any atom is 0.307 e. The Kier molecular flexibility index (Phi) is 5.60. The molecule has 0 bridgehead atoms. The SMILES string of the molecule is CC(C)OCCOC(=O)CCn1nnc2ccccc2c1=O. The first-order chi connectivity index (χ1) is 10.6. The summed E-state index contributed by atoms with van der Waals surface area (Å²) < 4.78 is 11.5. The van der Waals surface area contributed by atoms with Crippen molar-refractivity contribution < 1.29 is 14.3 Å². The summed E-state index contributed by atoms with van der Waals surface area (Å²) in [6.45, 7) is 4.52. The zero-order valence-corrected chi connectivity index (χ0v) is 12.7. The lowest BCUT2D eigenvalue weighted by atomic mass is 10.2. The van der Waals surface area contributed by atoms with Gasteiger partial charge in [-0.05, 0) is 26.0 Å². The molecular formula is C15H19N3O4. The van der Waals surface area contributed by atoms with Gasteiger partial charge in [0.2, 0.25) is 0 Å². The summed E-state index contributed by atoms with van der Waals surface area (Å²) in [5, 5.41) is 8.26. The Morgan fingerprint density at radius 2 is 2.05 bits per heavy atom. The predicted molar refractivity (Wildman–Crippen MR) is 80.5 cm³/mol. The van der Waals surface area contributed by atoms with Crippen molar-refractivity contribution >= 4 is 16.9 Å². The minimum Gasteiger partial charge on any atom is -0.463 e. The van der Waals surface area contributed by atoms with Crippen LogP contribution in [0.4, 0.5) is 0 Å². The van der Waals surface area contributed by atoms with Gasteiger partial charge in [0.15, 0.2) is 0 Å². The molecule has 7 heteroatoms. The third-order valence-electron chi connectivity index (χ3n) is 2.95. The van der Waals surface area contributed by atoms with E-state index in [2.05, 4.69) is 10.3 Å². The Morgan fingerprint density at radius 3 is 2.82 bits per heavy atom. The molecule has 0 saturated heterocycles. The van der Waals surface area contributed by atoms with Crippen LogP contribution in [0.3, 0.4) is 0 Å². The van der Waals surface area contributed by atoms with Crippen LogP contribution in [0.25, 0.3) is 10.9 Å². The number of aryl methyl sites for hydroxylation is 1. The highest BCUT2D eigenvalue weighted by Crippen LogP contribution is 2.03. The molecule has 0 radical (unpaired) electrons. The van der Waals surface area contributed by atoms with Crippen LogP contribution < -0.4 is 5.56 Å². The van der Waals surface area contributed by atoms with E-state index >= 15 is 0 Å². The number of fused-ring (bicyclic) bond motifs is 1. The first-order valence-corrected chi connectivity index (χ1v) is 7.17. The summed E-state index contributed by atoms with van der Waals surface area (Å²) in [5.41, 5.74) is 0.277. The maximum atomic E-state index is 12.2. The molecule has 118 valence electrons. The number of carbonyl (C=O) groups is 1. The fraction of sp³-hybridized carbons (Fsp3) is 0.467. The monoisotopic (exact) mass is 305 g/mol. The minimum absolute atomic E-state index is 0.0641. The van der Waals surface area contributed by atoms with Crippen LogP contribution in [-0.4, -0.2) is 40.3 Å². The molecule has 22 heavy (non-hydrogen) atoms. The Labute approximate surface area is 127 Å². The molecule has 1 aromatic heterocycles. The van der Waals surface area contributed by atoms with Crippen molar-refractivity contribution in [2.75, 3.05) is 13.2 Å². The van der Waals surface area contributed by atoms with Gasteiger partial charge in [-0.15, -0.1) is 5.10 Å². The van der Waals surface area contributed by atoms with Gasteiger partial charge in [0.1, 0.15) is 12.1 Å². The van der Waals surface area contributed by atoms with Gasteiger partial charge >= 0.3 is 5.97 Å². The second-order valence-corrected chi connectivity index (χ2v) is 5.02. The van der Waals surface area contributed by atoms with Crippen LogP contribution in [-0.2, 0) is 20.8 Å². The second-order valence-electron chi connectivity index (χ2n) is 5.02. The first-order valence-electron chi connectivity index (χ1n) is 7.17. The van der Waals surface area contributed by atoms with Crippen LogP contribution in [0.5, 0.6) is 0 Å². The Bertz CT molecular complexity index is 696. The zero-order chi connectivity index (χ0) is 15.9. The van der Waals surface area contributed by atoms with E-state index in [4.69, 9.17) is 9.47 Å². The average molecular weight is 305 g/mol. The number of hydrogen-bond donors (Lipinski definition) is 0. The predicted octanol–water partition coefficient (Wildman–Crippen LogP) is 1.15. The molecule has 7 nitrogen and oxygen atoms in total. The third-order valence-corrected chi connectivity index (χ3v) is 2.95. The molecule has 2 aromatic rings. The van der Waals surface area contributed by atoms with Crippen LogP contribution in [0.2, 0.25) is 0 Å². The average Bonchev–Trinajstić information content (AvgIpc) is 2.51. The van der Waals surface area contributed by atoms with Crippen molar-refractivity contribution in [3.05, 3.63) is 34.6 Å². The molecule has 0 fully saturated rings. The highest BCUT2D eigenvalue weighted by Gasteiger charge is 2.08. The molecule has 0 atom stereocenters. The number of esters is 1. The molecule has 2 rings (SSSR count). The molecule has 0 unspecified atom stereocenters. The fourth-order valence-corrected chi connectivity index (χ4v) is 1.88. The molecule has 1 heterocycles. The minimum atomic E-state index is -0.394. The van der Waals surface area contributed by atoms with E-state index in [9.17, 15) is 9.59 Å². The molecule has 0 saturated carbocycles. The van der Waals surface area contributed by atoms with Crippen LogP contribution in [0, 0.1) is 0 Å². The number of carbonyl (C=O) groups excluding carboxylic acids is 1. The molecule has 0 amide bonds. The van der Waals surface area contributed by atoms with Crippen molar-refractivity contribution in [2.24, 2.45) is 0 Å². The van der Waals surface area contributed by atoms with Crippen molar-refractivity contribution in [3.8, 4) is 0 Å². The van der Waals surface area contributed by atoms with Gasteiger partial charge < -0.3 is 9.47 Å². The van der Waals surface area contributed by atoms with Crippen LogP contribution >= 0.6 is 0 Å². The smallest absolute Gasteiger partial charge is 0.307 e. The number of rotatable bonds is 7. The van der Waals surface area contributed by atoms with Crippen molar-refractivity contribution in [3.63, 3.8) is 0 Å². The molecule has 0 aliphatic rings. The second kappa shape index (κ2) is 7.65. The van der Waals surface area contributed by atoms with E-state index in [1.807, 2.05) is 13.8 Å². The summed E-state index contributed by atoms with van der Waals surface area (Å²) in [5.74, 6) is -0.394. The number of benzene rings is 1. The van der Waals surface area contributed by atoms with Gasteiger partial charge in [-0.3, -0.25) is 9.59 Å². The highest BCUT2D eigenvalue weighted by molar-refractivity contribution is 5.76. The third kappa shape index (κ3) is 4.36. The number of ether oxygens (including phenoxy) is 2. The Hall–Kier alpha value is -2.28. The summed E-state index contributed by atoms with van der Waals surface area (Å²) in [6, 6.07) is 6.96. The van der Waals surface area contributed by atoms with Gasteiger partial charge in [0, 0.05) is 0 Å². The summed E-state index contributed by atoms with van der Waals surface area (Å²) in [4.78, 5) is 23.8. The van der Waals surface area contributed by atoms with E-state index in [1.165, 1.54) is 4.68 Å². The lowest BCUT2D eigenvalue weighted by Gasteiger charge is -2.08. The van der Waals surface area contributed by atoms with Crippen molar-refractivity contribution in [1.82, 2.24) is 15.0 Å².